The third-order valence-corrected chi connectivity index (χ3v) is 3.66. The topological polar surface area (TPSA) is 91.0 Å². The molecule has 1 unspecified atom stereocenters. The van der Waals surface area contributed by atoms with Gasteiger partial charge in [0.1, 0.15) is 5.84 Å². The summed E-state index contributed by atoms with van der Waals surface area (Å²) in [6, 6.07) is -0.127. The minimum Gasteiger partial charge on any atom is -0.386 e. The monoisotopic (exact) mass is 238 g/mol. The molecular weight excluding hydrogens is 216 g/mol. The fourth-order valence-electron chi connectivity index (χ4n) is 2.49. The number of hydrogen-bond acceptors (Lipinski definition) is 2. The van der Waals surface area contributed by atoms with Gasteiger partial charge in [-0.2, -0.15) is 0 Å². The van der Waals surface area contributed by atoms with E-state index in [4.69, 9.17) is 11.1 Å². The first kappa shape index (κ1) is 12.2. The van der Waals surface area contributed by atoms with Gasteiger partial charge < -0.3 is 16.4 Å². The van der Waals surface area contributed by atoms with Crippen molar-refractivity contribution in [2.75, 3.05) is 0 Å². The Kier molecular flexibility index (Phi) is 3.86. The van der Waals surface area contributed by atoms with Gasteiger partial charge in [-0.1, -0.05) is 19.3 Å². The number of carbonyl (C=O) groups excluding carboxylic acids is 1. The summed E-state index contributed by atoms with van der Waals surface area (Å²) in [4.78, 5) is 11.8. The smallest absolute Gasteiger partial charge is 0.315 e. The van der Waals surface area contributed by atoms with Gasteiger partial charge in [-0.15, -0.1) is 0 Å². The first-order valence-electron chi connectivity index (χ1n) is 6.58. The van der Waals surface area contributed by atoms with E-state index in [0.717, 1.165) is 25.7 Å². The van der Waals surface area contributed by atoms with E-state index < -0.39 is 0 Å². The number of amides is 2. The zero-order valence-electron chi connectivity index (χ0n) is 10.2. The minimum absolute atomic E-state index is 0.0753. The lowest BCUT2D eigenvalue weighted by Crippen LogP contribution is -2.51. The predicted octanol–water partition coefficient (Wildman–Crippen LogP) is 1.33. The van der Waals surface area contributed by atoms with E-state index in [2.05, 4.69) is 10.6 Å². The van der Waals surface area contributed by atoms with Gasteiger partial charge in [0.15, 0.2) is 0 Å². The highest BCUT2D eigenvalue weighted by Crippen LogP contribution is 2.32. The molecule has 5 N–H and O–H groups in total. The Balaban J connectivity index is 1.76. The van der Waals surface area contributed by atoms with Gasteiger partial charge in [0.25, 0.3) is 0 Å². The summed E-state index contributed by atoms with van der Waals surface area (Å²) in [6.45, 7) is 0. The van der Waals surface area contributed by atoms with Crippen LogP contribution in [0.3, 0.4) is 0 Å². The van der Waals surface area contributed by atoms with Crippen LogP contribution in [0, 0.1) is 11.3 Å². The van der Waals surface area contributed by atoms with E-state index >= 15 is 0 Å². The molecule has 0 aromatic carbocycles. The van der Waals surface area contributed by atoms with Gasteiger partial charge in [0, 0.05) is 6.04 Å². The van der Waals surface area contributed by atoms with Crippen LogP contribution in [-0.4, -0.2) is 24.0 Å². The van der Waals surface area contributed by atoms with Crippen LogP contribution in [0.5, 0.6) is 0 Å². The summed E-state index contributed by atoms with van der Waals surface area (Å²) in [7, 11) is 0. The van der Waals surface area contributed by atoms with Crippen molar-refractivity contribution in [1.29, 1.82) is 5.41 Å². The quantitative estimate of drug-likeness (QED) is 0.439. The van der Waals surface area contributed by atoms with Crippen molar-refractivity contribution < 1.29 is 4.79 Å². The van der Waals surface area contributed by atoms with Gasteiger partial charge in [0.05, 0.1) is 6.04 Å². The molecule has 0 bridgehead atoms. The highest BCUT2D eigenvalue weighted by Gasteiger charge is 2.34. The Bertz CT molecular complexity index is 295. The van der Waals surface area contributed by atoms with E-state index in [9.17, 15) is 4.79 Å². The molecule has 2 aliphatic rings. The van der Waals surface area contributed by atoms with E-state index in [0.29, 0.717) is 12.0 Å². The van der Waals surface area contributed by atoms with Crippen molar-refractivity contribution in [2.45, 2.75) is 57.0 Å². The molecule has 0 heterocycles. The number of nitrogens with one attached hydrogen (secondary N) is 3. The summed E-state index contributed by atoms with van der Waals surface area (Å²) in [5, 5.41) is 13.3. The fourth-order valence-corrected chi connectivity index (χ4v) is 2.49. The largest absolute Gasteiger partial charge is 0.386 e. The fraction of sp³-hybridized carbons (Fsp3) is 0.833. The van der Waals surface area contributed by atoms with Crippen LogP contribution in [0.25, 0.3) is 0 Å². The molecule has 0 aromatic rings. The molecule has 5 nitrogen and oxygen atoms in total. The number of nitrogens with two attached hydrogens (primary N) is 1. The molecule has 2 aliphatic carbocycles. The molecule has 96 valence electrons. The second-order valence-electron chi connectivity index (χ2n) is 5.22. The molecule has 2 saturated carbocycles. The Morgan fingerprint density at radius 1 is 1.18 bits per heavy atom. The predicted molar refractivity (Wildman–Crippen MR) is 67.0 cm³/mol. The van der Waals surface area contributed by atoms with E-state index in [1.807, 2.05) is 0 Å². The summed E-state index contributed by atoms with van der Waals surface area (Å²) in [5.41, 5.74) is 5.50. The standard InChI is InChI=1S/C12H22N4O/c13-11(14)10(8-6-7-8)16-12(17)15-9-4-2-1-3-5-9/h8-10H,1-7H2,(H3,13,14)(H2,15,16,17). The van der Waals surface area contributed by atoms with E-state index in [1.54, 1.807) is 0 Å². The number of hydrogen-bond donors (Lipinski definition) is 4. The highest BCUT2D eigenvalue weighted by atomic mass is 16.2. The second kappa shape index (κ2) is 5.38. The number of rotatable bonds is 4. The van der Waals surface area contributed by atoms with Crippen LogP contribution < -0.4 is 16.4 Å². The third-order valence-electron chi connectivity index (χ3n) is 3.66. The summed E-state index contributed by atoms with van der Waals surface area (Å²) < 4.78 is 0. The Labute approximate surface area is 102 Å². The molecule has 0 aromatic heterocycles. The van der Waals surface area contributed by atoms with Gasteiger partial charge in [-0.3, -0.25) is 5.41 Å². The van der Waals surface area contributed by atoms with Gasteiger partial charge in [-0.05, 0) is 31.6 Å². The maximum Gasteiger partial charge on any atom is 0.315 e. The van der Waals surface area contributed by atoms with Crippen molar-refractivity contribution in [3.8, 4) is 0 Å². The molecular formula is C12H22N4O. The molecule has 0 aliphatic heterocycles. The molecule has 0 radical (unpaired) electrons. The van der Waals surface area contributed by atoms with Crippen LogP contribution in [0.2, 0.25) is 0 Å². The lowest BCUT2D eigenvalue weighted by Gasteiger charge is -2.24. The van der Waals surface area contributed by atoms with Crippen LogP contribution in [0.1, 0.15) is 44.9 Å². The highest BCUT2D eigenvalue weighted by molar-refractivity contribution is 5.88. The Morgan fingerprint density at radius 2 is 1.82 bits per heavy atom. The number of carbonyl (C=O) groups is 1. The maximum atomic E-state index is 11.8. The van der Waals surface area contributed by atoms with Gasteiger partial charge in [-0.25, -0.2) is 4.79 Å². The van der Waals surface area contributed by atoms with Crippen molar-refractivity contribution >= 4 is 11.9 Å². The van der Waals surface area contributed by atoms with Crippen LogP contribution in [-0.2, 0) is 0 Å². The Morgan fingerprint density at radius 3 is 2.35 bits per heavy atom. The lowest BCUT2D eigenvalue weighted by atomic mass is 9.96. The SMILES string of the molecule is N=C(N)C(NC(=O)NC1CCCCC1)C1CC1. The van der Waals surface area contributed by atoms with Crippen molar-refractivity contribution in [3.63, 3.8) is 0 Å². The summed E-state index contributed by atoms with van der Waals surface area (Å²) in [5.74, 6) is 0.455. The molecule has 0 saturated heterocycles. The van der Waals surface area contributed by atoms with Crippen LogP contribution in [0.15, 0.2) is 0 Å². The molecule has 17 heavy (non-hydrogen) atoms. The van der Waals surface area contributed by atoms with Gasteiger partial charge >= 0.3 is 6.03 Å². The lowest BCUT2D eigenvalue weighted by molar-refractivity contribution is 0.230. The summed E-state index contributed by atoms with van der Waals surface area (Å²) in [6.07, 6.45) is 7.94. The van der Waals surface area contributed by atoms with Crippen LogP contribution in [0.4, 0.5) is 4.79 Å². The molecule has 1 atom stereocenters. The van der Waals surface area contributed by atoms with Crippen molar-refractivity contribution in [1.82, 2.24) is 10.6 Å². The summed E-state index contributed by atoms with van der Waals surface area (Å²) >= 11 is 0. The number of urea groups is 1. The average molecular weight is 238 g/mol. The van der Waals surface area contributed by atoms with Crippen LogP contribution >= 0.6 is 0 Å². The average Bonchev–Trinajstić information content (AvgIpc) is 3.11. The number of amidine groups is 1. The third kappa shape index (κ3) is 3.61. The van der Waals surface area contributed by atoms with E-state index in [-0.39, 0.29) is 17.9 Å². The molecule has 2 amide bonds. The first-order chi connectivity index (χ1) is 8.16. The van der Waals surface area contributed by atoms with Gasteiger partial charge in [0.2, 0.25) is 0 Å². The van der Waals surface area contributed by atoms with E-state index in [1.165, 1.54) is 19.3 Å². The molecule has 2 fully saturated rings. The Hall–Kier alpha value is -1.26. The minimum atomic E-state index is -0.265. The molecule has 2 rings (SSSR count). The second-order valence-corrected chi connectivity index (χ2v) is 5.22. The first-order valence-corrected chi connectivity index (χ1v) is 6.58. The van der Waals surface area contributed by atoms with Crippen molar-refractivity contribution in [2.24, 2.45) is 11.7 Å². The zero-order chi connectivity index (χ0) is 12.3. The maximum absolute atomic E-state index is 11.8. The van der Waals surface area contributed by atoms with Crippen molar-refractivity contribution in [3.05, 3.63) is 0 Å². The molecule has 0 spiro atoms. The normalized spacial score (nSPS) is 22.8. The molecule has 5 heteroatoms. The zero-order valence-corrected chi connectivity index (χ0v) is 10.2.